The first-order chi connectivity index (χ1) is 11.0. The molecule has 23 heavy (non-hydrogen) atoms. The second kappa shape index (κ2) is 7.85. The summed E-state index contributed by atoms with van der Waals surface area (Å²) < 4.78 is 5.30. The lowest BCUT2D eigenvalue weighted by molar-refractivity contribution is -0.123. The molecule has 7 heteroatoms. The van der Waals surface area contributed by atoms with Crippen molar-refractivity contribution in [1.82, 2.24) is 5.43 Å². The summed E-state index contributed by atoms with van der Waals surface area (Å²) in [6, 6.07) is 11.2. The van der Waals surface area contributed by atoms with Gasteiger partial charge in [0.05, 0.1) is 10.7 Å². The van der Waals surface area contributed by atoms with Crippen LogP contribution in [0.3, 0.4) is 0 Å². The Labute approximate surface area is 143 Å². The van der Waals surface area contributed by atoms with E-state index in [1.165, 1.54) is 6.07 Å². The second-order valence-corrected chi connectivity index (χ2v) is 5.49. The highest BCUT2D eigenvalue weighted by Gasteiger charge is 2.06. The van der Waals surface area contributed by atoms with E-state index in [-0.39, 0.29) is 12.4 Å². The molecule has 1 amide bonds. The molecule has 2 aromatic rings. The smallest absolute Gasteiger partial charge is 0.277 e. The Morgan fingerprint density at radius 1 is 1.22 bits per heavy atom. The predicted octanol–water partition coefficient (Wildman–Crippen LogP) is 3.62. The molecular formula is C16H14Cl2N2O3. The van der Waals surface area contributed by atoms with Gasteiger partial charge < -0.3 is 9.84 Å². The van der Waals surface area contributed by atoms with Crippen LogP contribution in [0.2, 0.25) is 10.0 Å². The Hall–Kier alpha value is -2.24. The molecule has 2 N–H and O–H groups in total. The van der Waals surface area contributed by atoms with Gasteiger partial charge in [0.2, 0.25) is 0 Å². The number of halogens is 2. The summed E-state index contributed by atoms with van der Waals surface area (Å²) in [5, 5.41) is 14.0. The number of hydrazone groups is 1. The highest BCUT2D eigenvalue weighted by molar-refractivity contribution is 6.35. The van der Waals surface area contributed by atoms with Crippen molar-refractivity contribution >= 4 is 34.8 Å². The SMILES string of the molecule is C/C(=N\NC(=O)COc1ccc(Cl)cc1Cl)c1ccc(O)cc1. The average Bonchev–Trinajstić information content (AvgIpc) is 2.52. The summed E-state index contributed by atoms with van der Waals surface area (Å²) in [6.45, 7) is 1.51. The molecule has 5 nitrogen and oxygen atoms in total. The topological polar surface area (TPSA) is 70.9 Å². The van der Waals surface area contributed by atoms with E-state index in [4.69, 9.17) is 27.9 Å². The van der Waals surface area contributed by atoms with E-state index in [0.29, 0.717) is 21.5 Å². The monoisotopic (exact) mass is 352 g/mol. The van der Waals surface area contributed by atoms with Gasteiger partial charge in [0.15, 0.2) is 6.61 Å². The minimum Gasteiger partial charge on any atom is -0.508 e. The zero-order valence-corrected chi connectivity index (χ0v) is 13.7. The number of rotatable bonds is 5. The number of hydrogen-bond acceptors (Lipinski definition) is 4. The second-order valence-electron chi connectivity index (χ2n) is 4.64. The third-order valence-electron chi connectivity index (χ3n) is 2.89. The minimum absolute atomic E-state index is 0.166. The van der Waals surface area contributed by atoms with Gasteiger partial charge in [-0.05, 0) is 55.0 Å². The molecule has 0 aliphatic rings. The molecule has 0 atom stereocenters. The largest absolute Gasteiger partial charge is 0.508 e. The van der Waals surface area contributed by atoms with E-state index in [2.05, 4.69) is 10.5 Å². The molecule has 0 aliphatic carbocycles. The van der Waals surface area contributed by atoms with Gasteiger partial charge in [-0.15, -0.1) is 0 Å². The molecule has 0 unspecified atom stereocenters. The van der Waals surface area contributed by atoms with Crippen LogP contribution in [0.4, 0.5) is 0 Å². The molecule has 0 aromatic heterocycles. The van der Waals surface area contributed by atoms with Crippen molar-refractivity contribution in [2.75, 3.05) is 6.61 Å². The van der Waals surface area contributed by atoms with Crippen molar-refractivity contribution in [2.24, 2.45) is 5.10 Å². The number of amides is 1. The third kappa shape index (κ3) is 5.16. The molecule has 0 spiro atoms. The van der Waals surface area contributed by atoms with E-state index in [1.54, 1.807) is 43.3 Å². The lowest BCUT2D eigenvalue weighted by Crippen LogP contribution is -2.25. The van der Waals surface area contributed by atoms with Crippen LogP contribution >= 0.6 is 23.2 Å². The van der Waals surface area contributed by atoms with Crippen LogP contribution in [0.25, 0.3) is 0 Å². The molecule has 0 heterocycles. The standard InChI is InChI=1S/C16H14Cl2N2O3/c1-10(11-2-5-13(21)6-3-11)19-20-16(22)9-23-15-7-4-12(17)8-14(15)18/h2-8,21H,9H2,1H3,(H,20,22)/b19-10+. The van der Waals surface area contributed by atoms with Crippen molar-refractivity contribution in [2.45, 2.75) is 6.92 Å². The zero-order valence-electron chi connectivity index (χ0n) is 12.2. The van der Waals surface area contributed by atoms with Crippen LogP contribution in [-0.4, -0.2) is 23.3 Å². The van der Waals surface area contributed by atoms with Gasteiger partial charge in [-0.25, -0.2) is 5.43 Å². The highest BCUT2D eigenvalue weighted by Crippen LogP contribution is 2.27. The molecule has 0 radical (unpaired) electrons. The number of aromatic hydroxyl groups is 1. The maximum Gasteiger partial charge on any atom is 0.277 e. The highest BCUT2D eigenvalue weighted by atomic mass is 35.5. The van der Waals surface area contributed by atoms with E-state index in [9.17, 15) is 9.90 Å². The maximum absolute atomic E-state index is 11.7. The summed E-state index contributed by atoms with van der Waals surface area (Å²) in [7, 11) is 0. The van der Waals surface area contributed by atoms with Crippen molar-refractivity contribution in [3.63, 3.8) is 0 Å². The van der Waals surface area contributed by atoms with Crippen LogP contribution in [0, 0.1) is 0 Å². The fraction of sp³-hybridized carbons (Fsp3) is 0.125. The van der Waals surface area contributed by atoms with Crippen LogP contribution in [0.15, 0.2) is 47.6 Å². The zero-order chi connectivity index (χ0) is 16.8. The molecular weight excluding hydrogens is 339 g/mol. The Morgan fingerprint density at radius 2 is 1.91 bits per heavy atom. The van der Waals surface area contributed by atoms with Gasteiger partial charge in [-0.3, -0.25) is 4.79 Å². The van der Waals surface area contributed by atoms with Crippen LogP contribution < -0.4 is 10.2 Å². The Kier molecular flexibility index (Phi) is 5.84. The van der Waals surface area contributed by atoms with Crippen LogP contribution in [0.1, 0.15) is 12.5 Å². The van der Waals surface area contributed by atoms with Crippen molar-refractivity contribution in [1.29, 1.82) is 0 Å². The first-order valence-corrected chi connectivity index (χ1v) is 7.41. The molecule has 2 rings (SSSR count). The van der Waals surface area contributed by atoms with Crippen LogP contribution in [-0.2, 0) is 4.79 Å². The Balaban J connectivity index is 1.89. The van der Waals surface area contributed by atoms with Gasteiger partial charge in [0.1, 0.15) is 11.5 Å². The van der Waals surface area contributed by atoms with Gasteiger partial charge in [-0.2, -0.15) is 5.10 Å². The fourth-order valence-electron chi connectivity index (χ4n) is 1.68. The molecule has 2 aromatic carbocycles. The maximum atomic E-state index is 11.7. The molecule has 120 valence electrons. The van der Waals surface area contributed by atoms with Crippen molar-refractivity contribution < 1.29 is 14.6 Å². The van der Waals surface area contributed by atoms with Gasteiger partial charge >= 0.3 is 0 Å². The molecule has 0 bridgehead atoms. The number of phenols is 1. The average molecular weight is 353 g/mol. The lowest BCUT2D eigenvalue weighted by atomic mass is 10.1. The Morgan fingerprint density at radius 3 is 2.57 bits per heavy atom. The number of nitrogens with zero attached hydrogens (tertiary/aromatic N) is 1. The van der Waals surface area contributed by atoms with Crippen molar-refractivity contribution in [3.05, 3.63) is 58.1 Å². The number of phenolic OH excluding ortho intramolecular Hbond substituents is 1. The number of carbonyl (C=O) groups excluding carboxylic acids is 1. The molecule has 0 saturated heterocycles. The first kappa shape index (κ1) is 17.1. The van der Waals surface area contributed by atoms with E-state index < -0.39 is 5.91 Å². The normalized spacial score (nSPS) is 11.2. The van der Waals surface area contributed by atoms with E-state index in [1.807, 2.05) is 0 Å². The van der Waals surface area contributed by atoms with E-state index in [0.717, 1.165) is 5.56 Å². The number of carbonyl (C=O) groups is 1. The number of benzene rings is 2. The summed E-state index contributed by atoms with van der Waals surface area (Å²) in [4.78, 5) is 11.7. The molecule has 0 fully saturated rings. The van der Waals surface area contributed by atoms with Crippen LogP contribution in [0.5, 0.6) is 11.5 Å². The summed E-state index contributed by atoms with van der Waals surface area (Å²) in [6.07, 6.45) is 0. The minimum atomic E-state index is -0.422. The predicted molar refractivity (Wildman–Crippen MR) is 90.4 cm³/mol. The van der Waals surface area contributed by atoms with Gasteiger partial charge in [0.25, 0.3) is 5.91 Å². The first-order valence-electron chi connectivity index (χ1n) is 6.66. The fourth-order valence-corrected chi connectivity index (χ4v) is 2.14. The third-order valence-corrected chi connectivity index (χ3v) is 3.42. The number of nitrogens with one attached hydrogen (secondary N) is 1. The summed E-state index contributed by atoms with van der Waals surface area (Å²) in [5.41, 5.74) is 3.77. The van der Waals surface area contributed by atoms with Gasteiger partial charge in [0, 0.05) is 5.02 Å². The lowest BCUT2D eigenvalue weighted by Gasteiger charge is -2.07. The van der Waals surface area contributed by atoms with Crippen molar-refractivity contribution in [3.8, 4) is 11.5 Å². The number of ether oxygens (including phenoxy) is 1. The molecule has 0 saturated carbocycles. The molecule has 0 aliphatic heterocycles. The quantitative estimate of drug-likeness (QED) is 0.637. The Bertz CT molecular complexity index is 731. The number of hydrogen-bond donors (Lipinski definition) is 2. The van der Waals surface area contributed by atoms with E-state index >= 15 is 0 Å². The summed E-state index contributed by atoms with van der Waals surface area (Å²) in [5.74, 6) is 0.110. The summed E-state index contributed by atoms with van der Waals surface area (Å²) >= 11 is 11.7. The van der Waals surface area contributed by atoms with Gasteiger partial charge in [-0.1, -0.05) is 23.2 Å².